The van der Waals surface area contributed by atoms with Crippen LogP contribution in [-0.4, -0.2) is 50.8 Å². The van der Waals surface area contributed by atoms with Crippen molar-refractivity contribution in [2.45, 2.75) is 44.0 Å². The van der Waals surface area contributed by atoms with E-state index in [1.54, 1.807) is 31.2 Å². The second-order valence-corrected chi connectivity index (χ2v) is 9.18. The molecule has 30 heavy (non-hydrogen) atoms. The largest absolute Gasteiger partial charge is 0.459 e. The summed E-state index contributed by atoms with van der Waals surface area (Å²) in [6, 6.07) is 7.86. The molecule has 1 aromatic heterocycles. The number of amides is 2. The van der Waals surface area contributed by atoms with Crippen molar-refractivity contribution in [3.8, 4) is 0 Å². The summed E-state index contributed by atoms with van der Waals surface area (Å²) < 4.78 is 32.8. The molecule has 8 nitrogen and oxygen atoms in total. The second-order valence-electron chi connectivity index (χ2n) is 7.45. The van der Waals surface area contributed by atoms with Gasteiger partial charge in [-0.3, -0.25) is 9.59 Å². The van der Waals surface area contributed by atoms with Crippen LogP contribution in [0.15, 0.2) is 45.9 Å². The molecular formula is C21H27N3O5S. The molecule has 0 spiro atoms. The van der Waals surface area contributed by atoms with Crippen LogP contribution in [0.4, 0.5) is 0 Å². The van der Waals surface area contributed by atoms with Crippen molar-refractivity contribution in [2.75, 3.05) is 19.6 Å². The van der Waals surface area contributed by atoms with Crippen molar-refractivity contribution in [2.24, 2.45) is 0 Å². The first-order chi connectivity index (χ1) is 14.3. The Labute approximate surface area is 176 Å². The summed E-state index contributed by atoms with van der Waals surface area (Å²) in [6.45, 7) is 4.24. The maximum Gasteiger partial charge on any atom is 0.290 e. The number of aryl methyl sites for hydroxylation is 2. The van der Waals surface area contributed by atoms with Crippen molar-refractivity contribution < 1.29 is 22.4 Å². The second kappa shape index (κ2) is 9.44. The number of nitrogens with one attached hydrogen (secondary N) is 2. The quantitative estimate of drug-likeness (QED) is 0.649. The first-order valence-corrected chi connectivity index (χ1v) is 11.5. The topological polar surface area (TPSA) is 109 Å². The number of sulfonamides is 1. The highest BCUT2D eigenvalue weighted by Crippen LogP contribution is 2.20. The average Bonchev–Trinajstić information content (AvgIpc) is 3.27. The summed E-state index contributed by atoms with van der Waals surface area (Å²) in [5, 5.41) is 2.74. The minimum Gasteiger partial charge on any atom is -0.459 e. The van der Waals surface area contributed by atoms with E-state index in [1.165, 1.54) is 11.2 Å². The SMILES string of the molecule is Cc1ccc(C)c(S(=O)(=O)NCCNC(=O)C2CCCCN2C(=O)c2ccco2)c1. The average molecular weight is 434 g/mol. The van der Waals surface area contributed by atoms with E-state index in [1.807, 2.05) is 13.0 Å². The Morgan fingerprint density at radius 2 is 1.97 bits per heavy atom. The molecule has 0 saturated carbocycles. The fourth-order valence-electron chi connectivity index (χ4n) is 3.55. The number of nitrogens with zero attached hydrogens (tertiary/aromatic N) is 1. The lowest BCUT2D eigenvalue weighted by Gasteiger charge is -2.34. The molecule has 1 saturated heterocycles. The van der Waals surface area contributed by atoms with E-state index >= 15 is 0 Å². The molecule has 9 heteroatoms. The molecule has 1 aliphatic heterocycles. The first kappa shape index (κ1) is 22.0. The van der Waals surface area contributed by atoms with E-state index in [0.717, 1.165) is 18.4 Å². The molecule has 0 radical (unpaired) electrons. The molecule has 2 N–H and O–H groups in total. The third-order valence-electron chi connectivity index (χ3n) is 5.15. The van der Waals surface area contributed by atoms with Crippen LogP contribution in [0.5, 0.6) is 0 Å². The fourth-order valence-corrected chi connectivity index (χ4v) is 4.91. The molecule has 2 heterocycles. The van der Waals surface area contributed by atoms with Gasteiger partial charge in [0.2, 0.25) is 15.9 Å². The van der Waals surface area contributed by atoms with Crippen LogP contribution in [0.3, 0.4) is 0 Å². The number of rotatable bonds is 7. The molecule has 1 unspecified atom stereocenters. The Kier molecular flexibility index (Phi) is 6.94. The van der Waals surface area contributed by atoms with Crippen LogP contribution in [0, 0.1) is 13.8 Å². The van der Waals surface area contributed by atoms with Gasteiger partial charge in [-0.15, -0.1) is 0 Å². The lowest BCUT2D eigenvalue weighted by molar-refractivity contribution is -0.126. The molecule has 1 aromatic carbocycles. The molecule has 1 aliphatic rings. The number of carbonyl (C=O) groups excluding carboxylic acids is 2. The number of benzene rings is 1. The summed E-state index contributed by atoms with van der Waals surface area (Å²) in [4.78, 5) is 27.0. The first-order valence-electron chi connectivity index (χ1n) is 9.99. The van der Waals surface area contributed by atoms with Gasteiger partial charge in [0.1, 0.15) is 6.04 Å². The van der Waals surface area contributed by atoms with Gasteiger partial charge in [-0.1, -0.05) is 12.1 Å². The number of hydrogen-bond donors (Lipinski definition) is 2. The standard InChI is InChI=1S/C21H27N3O5S/c1-15-8-9-16(2)19(14-15)30(27,28)23-11-10-22-20(25)17-6-3-4-12-24(17)21(26)18-7-5-13-29-18/h5,7-9,13-14,17,23H,3-4,6,10-12H2,1-2H3,(H,22,25). The molecule has 0 aliphatic carbocycles. The van der Waals surface area contributed by atoms with Crippen LogP contribution in [0.25, 0.3) is 0 Å². The maximum absolute atomic E-state index is 12.7. The minimum atomic E-state index is -3.67. The van der Waals surface area contributed by atoms with E-state index in [9.17, 15) is 18.0 Å². The third kappa shape index (κ3) is 5.09. The van der Waals surface area contributed by atoms with E-state index in [4.69, 9.17) is 4.42 Å². The molecule has 2 aromatic rings. The molecule has 3 rings (SSSR count). The lowest BCUT2D eigenvalue weighted by Crippen LogP contribution is -2.52. The van der Waals surface area contributed by atoms with Gasteiger partial charge < -0.3 is 14.6 Å². The number of furan rings is 1. The van der Waals surface area contributed by atoms with Gasteiger partial charge in [-0.2, -0.15) is 0 Å². The van der Waals surface area contributed by atoms with Gasteiger partial charge in [-0.25, -0.2) is 13.1 Å². The zero-order valence-corrected chi connectivity index (χ0v) is 18.0. The fraction of sp³-hybridized carbons (Fsp3) is 0.429. The molecular weight excluding hydrogens is 406 g/mol. The number of likely N-dealkylation sites (tertiary alicyclic amines) is 1. The van der Waals surface area contributed by atoms with Gasteiger partial charge in [0, 0.05) is 19.6 Å². The van der Waals surface area contributed by atoms with Gasteiger partial charge >= 0.3 is 0 Å². The van der Waals surface area contributed by atoms with E-state index in [0.29, 0.717) is 18.5 Å². The van der Waals surface area contributed by atoms with Gasteiger partial charge in [0.15, 0.2) is 5.76 Å². The third-order valence-corrected chi connectivity index (χ3v) is 6.75. The Morgan fingerprint density at radius 1 is 1.17 bits per heavy atom. The summed E-state index contributed by atoms with van der Waals surface area (Å²) in [7, 11) is -3.67. The zero-order valence-electron chi connectivity index (χ0n) is 17.2. The molecule has 162 valence electrons. The van der Waals surface area contributed by atoms with Gasteiger partial charge in [-0.05, 0) is 62.4 Å². The summed E-state index contributed by atoms with van der Waals surface area (Å²) in [5.41, 5.74) is 1.51. The summed E-state index contributed by atoms with van der Waals surface area (Å²) >= 11 is 0. The summed E-state index contributed by atoms with van der Waals surface area (Å²) in [6.07, 6.45) is 3.66. The number of hydrogen-bond acceptors (Lipinski definition) is 5. The van der Waals surface area contributed by atoms with Crippen LogP contribution < -0.4 is 10.0 Å². The highest BCUT2D eigenvalue weighted by Gasteiger charge is 2.33. The van der Waals surface area contributed by atoms with Crippen molar-refractivity contribution in [3.05, 3.63) is 53.5 Å². The molecule has 0 bridgehead atoms. The highest BCUT2D eigenvalue weighted by atomic mass is 32.2. The predicted octanol–water partition coefficient (Wildman–Crippen LogP) is 1.99. The number of piperidine rings is 1. The maximum atomic E-state index is 12.7. The Morgan fingerprint density at radius 3 is 2.70 bits per heavy atom. The van der Waals surface area contributed by atoms with Gasteiger partial charge in [0.05, 0.1) is 11.2 Å². The summed E-state index contributed by atoms with van der Waals surface area (Å²) in [5.74, 6) is -0.396. The van der Waals surface area contributed by atoms with Crippen molar-refractivity contribution in [3.63, 3.8) is 0 Å². The van der Waals surface area contributed by atoms with Crippen LogP contribution in [-0.2, 0) is 14.8 Å². The van der Waals surface area contributed by atoms with Crippen molar-refractivity contribution in [1.82, 2.24) is 14.9 Å². The lowest BCUT2D eigenvalue weighted by atomic mass is 10.0. The van der Waals surface area contributed by atoms with E-state index in [-0.39, 0.29) is 35.6 Å². The normalized spacial score (nSPS) is 17.0. The van der Waals surface area contributed by atoms with E-state index < -0.39 is 16.1 Å². The Balaban J connectivity index is 1.55. The van der Waals surface area contributed by atoms with Crippen molar-refractivity contribution in [1.29, 1.82) is 0 Å². The zero-order chi connectivity index (χ0) is 21.7. The van der Waals surface area contributed by atoms with Crippen LogP contribution >= 0.6 is 0 Å². The smallest absolute Gasteiger partial charge is 0.290 e. The highest BCUT2D eigenvalue weighted by molar-refractivity contribution is 7.89. The monoisotopic (exact) mass is 433 g/mol. The Bertz CT molecular complexity index is 1000. The number of carbonyl (C=O) groups is 2. The molecule has 1 fully saturated rings. The Hall–Kier alpha value is -2.65. The van der Waals surface area contributed by atoms with Crippen molar-refractivity contribution >= 4 is 21.8 Å². The molecule has 1 atom stereocenters. The van der Waals surface area contributed by atoms with E-state index in [2.05, 4.69) is 10.0 Å². The van der Waals surface area contributed by atoms with Crippen LogP contribution in [0.2, 0.25) is 0 Å². The predicted molar refractivity (Wildman–Crippen MR) is 111 cm³/mol. The molecule has 2 amide bonds. The van der Waals surface area contributed by atoms with Gasteiger partial charge in [0.25, 0.3) is 5.91 Å². The minimum absolute atomic E-state index is 0.0559. The van der Waals surface area contributed by atoms with Crippen LogP contribution in [0.1, 0.15) is 40.9 Å².